The zero-order valence-electron chi connectivity index (χ0n) is 22.0. The SMILES string of the molecule is CSc1nccc(-c2c(-c3cccc(OCc4ccccc4)c3)nc(-c3c(Cl)cc(CSCCO)cc3Cl)n2O)n1. The van der Waals surface area contributed by atoms with E-state index in [-0.39, 0.29) is 12.4 Å². The number of benzene rings is 3. The first-order valence-electron chi connectivity index (χ1n) is 12.6. The van der Waals surface area contributed by atoms with Gasteiger partial charge in [0, 0.05) is 23.3 Å². The Morgan fingerprint density at radius 3 is 2.44 bits per heavy atom. The summed E-state index contributed by atoms with van der Waals surface area (Å²) in [6.45, 7) is 0.505. The van der Waals surface area contributed by atoms with Crippen molar-refractivity contribution in [3.63, 3.8) is 0 Å². The van der Waals surface area contributed by atoms with Crippen LogP contribution in [0.1, 0.15) is 11.1 Å². The van der Waals surface area contributed by atoms with Crippen molar-refractivity contribution in [3.8, 4) is 39.8 Å². The average Bonchev–Trinajstić information content (AvgIpc) is 3.33. The first kappa shape index (κ1) is 29.3. The second-order valence-corrected chi connectivity index (χ2v) is 11.6. The Bertz CT molecular complexity index is 1630. The summed E-state index contributed by atoms with van der Waals surface area (Å²) in [7, 11) is 0. The maximum absolute atomic E-state index is 11.6. The van der Waals surface area contributed by atoms with Crippen LogP contribution in [0.2, 0.25) is 10.0 Å². The molecule has 0 atom stereocenters. The number of thioether (sulfide) groups is 2. The summed E-state index contributed by atoms with van der Waals surface area (Å²) in [6.07, 6.45) is 3.53. The van der Waals surface area contributed by atoms with E-state index < -0.39 is 0 Å². The molecule has 7 nitrogen and oxygen atoms in total. The fraction of sp³-hybridized carbons (Fsp3) is 0.167. The molecule has 0 aliphatic rings. The first-order chi connectivity index (χ1) is 20.0. The minimum absolute atomic E-state index is 0.0947. The molecule has 0 unspecified atom stereocenters. The molecule has 2 heterocycles. The first-order valence-corrected chi connectivity index (χ1v) is 15.8. The van der Waals surface area contributed by atoms with Crippen LogP contribution in [0.25, 0.3) is 34.0 Å². The van der Waals surface area contributed by atoms with Crippen LogP contribution in [0.3, 0.4) is 0 Å². The molecule has 5 rings (SSSR count). The van der Waals surface area contributed by atoms with Crippen molar-refractivity contribution in [2.45, 2.75) is 17.5 Å². The second-order valence-electron chi connectivity index (χ2n) is 8.89. The van der Waals surface area contributed by atoms with Gasteiger partial charge in [-0.1, -0.05) is 77.4 Å². The number of hydrogen-bond donors (Lipinski definition) is 2. The molecule has 3 aromatic carbocycles. The molecule has 0 saturated carbocycles. The molecule has 0 saturated heterocycles. The van der Waals surface area contributed by atoms with Gasteiger partial charge in [-0.05, 0) is 47.7 Å². The van der Waals surface area contributed by atoms with E-state index in [0.717, 1.165) is 15.9 Å². The van der Waals surface area contributed by atoms with Gasteiger partial charge in [0.1, 0.15) is 23.7 Å². The summed E-state index contributed by atoms with van der Waals surface area (Å²) >= 11 is 16.4. The summed E-state index contributed by atoms with van der Waals surface area (Å²) < 4.78 is 7.04. The van der Waals surface area contributed by atoms with Crippen molar-refractivity contribution in [2.75, 3.05) is 18.6 Å². The third-order valence-electron chi connectivity index (χ3n) is 6.10. The molecule has 0 spiro atoms. The van der Waals surface area contributed by atoms with Gasteiger partial charge in [-0.2, -0.15) is 16.5 Å². The fourth-order valence-electron chi connectivity index (χ4n) is 4.23. The summed E-state index contributed by atoms with van der Waals surface area (Å²) in [5.74, 6) is 2.08. The highest BCUT2D eigenvalue weighted by Crippen LogP contribution is 2.41. The average molecular weight is 626 g/mol. The third-order valence-corrected chi connectivity index (χ3v) is 8.27. The minimum atomic E-state index is 0.0947. The smallest absolute Gasteiger partial charge is 0.187 e. The van der Waals surface area contributed by atoms with Crippen molar-refractivity contribution >= 4 is 46.7 Å². The van der Waals surface area contributed by atoms with Crippen LogP contribution in [-0.4, -0.2) is 48.6 Å². The maximum Gasteiger partial charge on any atom is 0.187 e. The Morgan fingerprint density at radius 1 is 0.927 bits per heavy atom. The van der Waals surface area contributed by atoms with E-state index in [0.29, 0.717) is 67.3 Å². The lowest BCUT2D eigenvalue weighted by atomic mass is 10.1. The lowest BCUT2D eigenvalue weighted by molar-refractivity contribution is 0.195. The number of imidazole rings is 1. The maximum atomic E-state index is 11.6. The fourth-order valence-corrected chi connectivity index (χ4v) is 5.96. The van der Waals surface area contributed by atoms with Crippen LogP contribution in [0.5, 0.6) is 5.75 Å². The van der Waals surface area contributed by atoms with Crippen molar-refractivity contribution in [3.05, 3.63) is 100 Å². The molecular weight excluding hydrogens is 599 g/mol. The van der Waals surface area contributed by atoms with Gasteiger partial charge in [0.05, 0.1) is 27.9 Å². The number of ether oxygens (including phenoxy) is 1. The normalized spacial score (nSPS) is 11.1. The monoisotopic (exact) mass is 624 g/mol. The van der Waals surface area contributed by atoms with Gasteiger partial charge in [0.2, 0.25) is 0 Å². The van der Waals surface area contributed by atoms with Gasteiger partial charge in [0.15, 0.2) is 11.0 Å². The highest BCUT2D eigenvalue weighted by atomic mass is 35.5. The zero-order chi connectivity index (χ0) is 28.8. The molecule has 0 fully saturated rings. The molecule has 0 amide bonds. The number of nitrogens with zero attached hydrogens (tertiary/aromatic N) is 4. The molecule has 0 radical (unpaired) electrons. The van der Waals surface area contributed by atoms with E-state index in [4.69, 9.17) is 38.0 Å². The number of rotatable bonds is 11. The molecular formula is C30H26Cl2N4O3S2. The predicted molar refractivity (Wildman–Crippen MR) is 167 cm³/mol. The molecule has 41 heavy (non-hydrogen) atoms. The van der Waals surface area contributed by atoms with Crippen molar-refractivity contribution < 1.29 is 15.1 Å². The van der Waals surface area contributed by atoms with E-state index in [9.17, 15) is 5.21 Å². The van der Waals surface area contributed by atoms with Crippen molar-refractivity contribution in [2.24, 2.45) is 0 Å². The lowest BCUT2D eigenvalue weighted by Crippen LogP contribution is -2.01. The number of aromatic nitrogens is 4. The summed E-state index contributed by atoms with van der Waals surface area (Å²) in [4.78, 5) is 13.8. The highest BCUT2D eigenvalue weighted by molar-refractivity contribution is 7.98. The predicted octanol–water partition coefficient (Wildman–Crippen LogP) is 7.74. The summed E-state index contributed by atoms with van der Waals surface area (Å²) in [5, 5.41) is 21.9. The Hall–Kier alpha value is -3.21. The van der Waals surface area contributed by atoms with E-state index in [1.807, 2.05) is 60.9 Å². The van der Waals surface area contributed by atoms with Crippen LogP contribution < -0.4 is 4.74 Å². The van der Waals surface area contributed by atoms with Gasteiger partial charge >= 0.3 is 0 Å². The molecule has 0 bridgehead atoms. The molecule has 210 valence electrons. The van der Waals surface area contributed by atoms with E-state index in [1.54, 1.807) is 36.2 Å². The van der Waals surface area contributed by atoms with E-state index in [1.165, 1.54) is 11.8 Å². The summed E-state index contributed by atoms with van der Waals surface area (Å²) in [6, 6.07) is 22.8. The molecule has 2 N–H and O–H groups in total. The van der Waals surface area contributed by atoms with Crippen molar-refractivity contribution in [1.29, 1.82) is 0 Å². The molecule has 0 aliphatic carbocycles. The van der Waals surface area contributed by atoms with Gasteiger partial charge in [-0.25, -0.2) is 15.0 Å². The topological polar surface area (TPSA) is 93.3 Å². The number of aliphatic hydroxyl groups excluding tert-OH is 1. The van der Waals surface area contributed by atoms with Crippen molar-refractivity contribution in [1.82, 2.24) is 19.7 Å². The molecule has 5 aromatic rings. The van der Waals surface area contributed by atoms with E-state index in [2.05, 4.69) is 9.97 Å². The van der Waals surface area contributed by atoms with Crippen LogP contribution in [0, 0.1) is 0 Å². The third kappa shape index (κ3) is 6.82. The standard InChI is InChI=1S/C30H26Cl2N4O3S2/c1-40-30-33-11-10-25(34-30)28-27(21-8-5-9-22(16-21)39-17-19-6-3-2-4-7-19)35-29(36(28)38)26-23(31)14-20(15-24(26)32)18-41-13-12-37/h2-11,14-16,37-38H,12-13,17-18H2,1H3. The lowest BCUT2D eigenvalue weighted by Gasteiger charge is -2.10. The Labute approximate surface area is 256 Å². The van der Waals surface area contributed by atoms with Crippen LogP contribution >= 0.6 is 46.7 Å². The number of aliphatic hydroxyl groups is 1. The van der Waals surface area contributed by atoms with Gasteiger partial charge in [0.25, 0.3) is 0 Å². The largest absolute Gasteiger partial charge is 0.489 e. The van der Waals surface area contributed by atoms with Crippen LogP contribution in [-0.2, 0) is 12.4 Å². The van der Waals surface area contributed by atoms with Crippen LogP contribution in [0.15, 0.2) is 84.1 Å². The Balaban J connectivity index is 1.59. The summed E-state index contributed by atoms with van der Waals surface area (Å²) in [5.41, 5.74) is 4.40. The molecule has 2 aromatic heterocycles. The van der Waals surface area contributed by atoms with Crippen LogP contribution in [0.4, 0.5) is 0 Å². The van der Waals surface area contributed by atoms with Gasteiger partial charge in [-0.3, -0.25) is 0 Å². The Kier molecular flexibility index (Phi) is 9.74. The number of halogens is 2. The zero-order valence-corrected chi connectivity index (χ0v) is 25.1. The minimum Gasteiger partial charge on any atom is -0.489 e. The van der Waals surface area contributed by atoms with Gasteiger partial charge in [-0.15, -0.1) is 0 Å². The second kappa shape index (κ2) is 13.6. The highest BCUT2D eigenvalue weighted by Gasteiger charge is 2.26. The van der Waals surface area contributed by atoms with E-state index >= 15 is 0 Å². The number of hydrogen-bond acceptors (Lipinski definition) is 8. The molecule has 0 aliphatic heterocycles. The van der Waals surface area contributed by atoms with Gasteiger partial charge < -0.3 is 15.1 Å². The Morgan fingerprint density at radius 2 is 1.71 bits per heavy atom. The quantitative estimate of drug-likeness (QED) is 0.0667. The molecule has 11 heteroatoms.